The zero-order chi connectivity index (χ0) is 14.2. The third kappa shape index (κ3) is 2.61. The number of hydrogen-bond donors (Lipinski definition) is 0. The molecule has 1 aromatic heterocycles. The largest absolute Gasteiger partial charge is 0.417 e. The van der Waals surface area contributed by atoms with Crippen LogP contribution < -0.4 is 0 Å². The van der Waals surface area contributed by atoms with Crippen LogP contribution in [0.1, 0.15) is 25.5 Å². The molecule has 0 spiro atoms. The van der Waals surface area contributed by atoms with Crippen molar-refractivity contribution in [3.63, 3.8) is 0 Å². The molecule has 0 fully saturated rings. The highest BCUT2D eigenvalue weighted by Gasteiger charge is 2.34. The number of aromatic nitrogens is 2. The Morgan fingerprint density at radius 3 is 2.42 bits per heavy atom. The Hall–Kier alpha value is -1.49. The molecule has 1 aromatic carbocycles. The minimum Gasteiger partial charge on any atom is -0.313 e. The van der Waals surface area contributed by atoms with E-state index >= 15 is 0 Å². The van der Waals surface area contributed by atoms with E-state index in [2.05, 4.69) is 4.98 Å². The van der Waals surface area contributed by atoms with Gasteiger partial charge < -0.3 is 4.57 Å². The third-order valence-corrected chi connectivity index (χ3v) is 3.02. The summed E-state index contributed by atoms with van der Waals surface area (Å²) in [7, 11) is 0. The summed E-state index contributed by atoms with van der Waals surface area (Å²) in [6.45, 7) is 3.68. The molecule has 0 aliphatic carbocycles. The molecular weight excluding hydrogens is 277 g/mol. The monoisotopic (exact) mass is 288 g/mol. The summed E-state index contributed by atoms with van der Waals surface area (Å²) in [6.07, 6.45) is -3.05. The minimum absolute atomic E-state index is 0.0376. The molecule has 2 aromatic rings. The molecule has 2 nitrogen and oxygen atoms in total. The predicted molar refractivity (Wildman–Crippen MR) is 68.1 cm³/mol. The second kappa shape index (κ2) is 4.89. The van der Waals surface area contributed by atoms with E-state index in [4.69, 9.17) is 11.6 Å². The van der Waals surface area contributed by atoms with Gasteiger partial charge in [0, 0.05) is 11.6 Å². The highest BCUT2D eigenvalue weighted by Crippen LogP contribution is 2.37. The number of imidazole rings is 1. The highest BCUT2D eigenvalue weighted by atomic mass is 35.5. The number of rotatable bonds is 2. The molecule has 0 radical (unpaired) electrons. The SMILES string of the molecule is CC(C)n1c(Cl)cnc1-c1ccccc1C(F)(F)F. The standard InChI is InChI=1S/C13H12ClF3N2/c1-8(2)19-11(14)7-18-12(19)9-5-3-4-6-10(9)13(15,16)17/h3-8H,1-2H3. The van der Waals surface area contributed by atoms with Gasteiger partial charge in [0.05, 0.1) is 11.8 Å². The highest BCUT2D eigenvalue weighted by molar-refractivity contribution is 6.29. The molecule has 0 N–H and O–H groups in total. The molecule has 0 bridgehead atoms. The van der Waals surface area contributed by atoms with Crippen molar-refractivity contribution in [2.75, 3.05) is 0 Å². The third-order valence-electron chi connectivity index (χ3n) is 2.74. The van der Waals surface area contributed by atoms with Crippen molar-refractivity contribution in [1.29, 1.82) is 0 Å². The van der Waals surface area contributed by atoms with E-state index in [1.54, 1.807) is 10.6 Å². The van der Waals surface area contributed by atoms with Crippen molar-refractivity contribution in [2.24, 2.45) is 0 Å². The van der Waals surface area contributed by atoms with Crippen molar-refractivity contribution in [2.45, 2.75) is 26.1 Å². The Morgan fingerprint density at radius 2 is 1.84 bits per heavy atom. The van der Waals surface area contributed by atoms with E-state index < -0.39 is 11.7 Å². The lowest BCUT2D eigenvalue weighted by atomic mass is 10.1. The lowest BCUT2D eigenvalue weighted by Gasteiger charge is -2.16. The first-order valence-electron chi connectivity index (χ1n) is 5.71. The topological polar surface area (TPSA) is 17.8 Å². The molecule has 19 heavy (non-hydrogen) atoms. The van der Waals surface area contributed by atoms with E-state index in [1.165, 1.54) is 18.3 Å². The number of halogens is 4. The van der Waals surface area contributed by atoms with Crippen LogP contribution in [0.25, 0.3) is 11.4 Å². The van der Waals surface area contributed by atoms with Gasteiger partial charge in [-0.2, -0.15) is 13.2 Å². The molecule has 0 atom stereocenters. The van der Waals surface area contributed by atoms with Crippen molar-refractivity contribution < 1.29 is 13.2 Å². The summed E-state index contributed by atoms with van der Waals surface area (Å²) in [5.41, 5.74) is -0.672. The van der Waals surface area contributed by atoms with Crippen LogP contribution >= 0.6 is 11.6 Å². The van der Waals surface area contributed by atoms with Gasteiger partial charge in [0.1, 0.15) is 11.0 Å². The molecular formula is C13H12ClF3N2. The number of hydrogen-bond acceptors (Lipinski definition) is 1. The number of benzene rings is 1. The van der Waals surface area contributed by atoms with Crippen LogP contribution in [0.4, 0.5) is 13.2 Å². The summed E-state index contributed by atoms with van der Waals surface area (Å²) in [6, 6.07) is 5.28. The van der Waals surface area contributed by atoms with Gasteiger partial charge >= 0.3 is 6.18 Å². The summed E-state index contributed by atoms with van der Waals surface area (Å²) >= 11 is 5.98. The molecule has 2 rings (SSSR count). The lowest BCUT2D eigenvalue weighted by Crippen LogP contribution is -2.10. The van der Waals surface area contributed by atoms with Gasteiger partial charge in [0.2, 0.25) is 0 Å². The van der Waals surface area contributed by atoms with E-state index in [0.29, 0.717) is 5.15 Å². The van der Waals surface area contributed by atoms with Gasteiger partial charge in [0.15, 0.2) is 0 Å². The fraction of sp³-hybridized carbons (Fsp3) is 0.308. The average Bonchev–Trinajstić information content (AvgIpc) is 2.70. The predicted octanol–water partition coefficient (Wildman–Crippen LogP) is 4.80. The van der Waals surface area contributed by atoms with E-state index in [0.717, 1.165) is 6.07 Å². The number of nitrogens with zero attached hydrogens (tertiary/aromatic N) is 2. The maximum absolute atomic E-state index is 13.0. The van der Waals surface area contributed by atoms with Gasteiger partial charge in [0.25, 0.3) is 0 Å². The summed E-state index contributed by atoms with van der Waals surface area (Å²) < 4.78 is 40.6. The van der Waals surface area contributed by atoms with E-state index in [1.807, 2.05) is 13.8 Å². The fourth-order valence-electron chi connectivity index (χ4n) is 1.96. The summed E-state index contributed by atoms with van der Waals surface area (Å²) in [5, 5.41) is 0.321. The Labute approximate surface area is 113 Å². The summed E-state index contributed by atoms with van der Waals surface area (Å²) in [5.74, 6) is 0.230. The molecule has 0 saturated carbocycles. The van der Waals surface area contributed by atoms with Gasteiger partial charge in [-0.1, -0.05) is 29.8 Å². The van der Waals surface area contributed by atoms with Crippen LogP contribution in [-0.2, 0) is 6.18 Å². The first-order chi connectivity index (χ1) is 8.82. The maximum atomic E-state index is 13.0. The van der Waals surface area contributed by atoms with E-state index in [9.17, 15) is 13.2 Å². The Balaban J connectivity index is 2.67. The normalized spacial score (nSPS) is 12.2. The quantitative estimate of drug-likeness (QED) is 0.776. The smallest absolute Gasteiger partial charge is 0.313 e. The molecule has 102 valence electrons. The fourth-order valence-corrected chi connectivity index (χ4v) is 2.28. The molecule has 0 unspecified atom stereocenters. The van der Waals surface area contributed by atoms with Gasteiger partial charge in [-0.15, -0.1) is 0 Å². The zero-order valence-electron chi connectivity index (χ0n) is 10.4. The van der Waals surface area contributed by atoms with Crippen LogP contribution in [-0.4, -0.2) is 9.55 Å². The zero-order valence-corrected chi connectivity index (χ0v) is 11.1. The molecule has 0 aliphatic heterocycles. The lowest BCUT2D eigenvalue weighted by molar-refractivity contribution is -0.137. The Morgan fingerprint density at radius 1 is 1.21 bits per heavy atom. The van der Waals surface area contributed by atoms with Crippen LogP contribution in [0, 0.1) is 0 Å². The van der Waals surface area contributed by atoms with Gasteiger partial charge in [-0.05, 0) is 19.9 Å². The van der Waals surface area contributed by atoms with Crippen molar-refractivity contribution in [3.8, 4) is 11.4 Å². The first-order valence-corrected chi connectivity index (χ1v) is 6.09. The average molecular weight is 289 g/mol. The van der Waals surface area contributed by atoms with Gasteiger partial charge in [-0.3, -0.25) is 0 Å². The van der Waals surface area contributed by atoms with Crippen LogP contribution in [0.5, 0.6) is 0 Å². The molecule has 0 amide bonds. The van der Waals surface area contributed by atoms with Crippen LogP contribution in [0.2, 0.25) is 5.15 Å². The second-order valence-electron chi connectivity index (χ2n) is 4.41. The number of alkyl halides is 3. The molecule has 0 saturated heterocycles. The van der Waals surface area contributed by atoms with Gasteiger partial charge in [-0.25, -0.2) is 4.98 Å². The minimum atomic E-state index is -4.42. The molecule has 6 heteroatoms. The molecule has 0 aliphatic rings. The Bertz CT molecular complexity index is 588. The first kappa shape index (κ1) is 13.9. The van der Waals surface area contributed by atoms with Crippen molar-refractivity contribution in [3.05, 3.63) is 41.2 Å². The van der Waals surface area contributed by atoms with E-state index in [-0.39, 0.29) is 17.4 Å². The van der Waals surface area contributed by atoms with Crippen LogP contribution in [0.3, 0.4) is 0 Å². The van der Waals surface area contributed by atoms with Crippen LogP contribution in [0.15, 0.2) is 30.5 Å². The van der Waals surface area contributed by atoms with Crippen molar-refractivity contribution >= 4 is 11.6 Å². The maximum Gasteiger partial charge on any atom is 0.417 e. The molecule has 1 heterocycles. The second-order valence-corrected chi connectivity index (χ2v) is 4.80. The summed E-state index contributed by atoms with van der Waals surface area (Å²) in [4.78, 5) is 4.01. The van der Waals surface area contributed by atoms with Crippen molar-refractivity contribution in [1.82, 2.24) is 9.55 Å². The Kier molecular flexibility index (Phi) is 3.58.